The number of carbonyl (C=O) groups is 1. The quantitative estimate of drug-likeness (QED) is 0.690. The third-order valence-electron chi connectivity index (χ3n) is 3.89. The minimum absolute atomic E-state index is 0.0649. The molecule has 26 heavy (non-hydrogen) atoms. The van der Waals surface area contributed by atoms with Crippen molar-refractivity contribution in [2.45, 2.75) is 40.4 Å². The molecule has 0 amide bonds. The molecule has 7 heteroatoms. The lowest BCUT2D eigenvalue weighted by Gasteiger charge is -2.10. The van der Waals surface area contributed by atoms with Gasteiger partial charge in [0.2, 0.25) is 0 Å². The molecule has 136 valence electrons. The van der Waals surface area contributed by atoms with Crippen molar-refractivity contribution in [1.29, 1.82) is 0 Å². The zero-order valence-electron chi connectivity index (χ0n) is 15.1. The molecule has 0 aliphatic rings. The monoisotopic (exact) mass is 372 g/mol. The van der Waals surface area contributed by atoms with E-state index in [2.05, 4.69) is 9.97 Å². The van der Waals surface area contributed by atoms with Crippen LogP contribution in [0.1, 0.15) is 40.5 Å². The predicted octanol–water partition coefficient (Wildman–Crippen LogP) is 3.75. The number of benzene rings is 1. The Hall–Kier alpha value is -2.67. The molecule has 0 saturated heterocycles. The molecule has 6 nitrogen and oxygen atoms in total. The van der Waals surface area contributed by atoms with Crippen molar-refractivity contribution in [1.82, 2.24) is 9.97 Å². The molecule has 3 aromatic rings. The molecule has 0 radical (unpaired) electrons. The second-order valence-electron chi connectivity index (χ2n) is 6.24. The van der Waals surface area contributed by atoms with Crippen LogP contribution in [0, 0.1) is 13.8 Å². The first-order valence-electron chi connectivity index (χ1n) is 8.28. The van der Waals surface area contributed by atoms with Gasteiger partial charge in [-0.2, -0.15) is 0 Å². The number of aromatic amines is 1. The largest absolute Gasteiger partial charge is 0.491 e. The van der Waals surface area contributed by atoms with Crippen molar-refractivity contribution in [3.05, 3.63) is 56.4 Å². The van der Waals surface area contributed by atoms with Crippen LogP contribution in [0.4, 0.5) is 0 Å². The highest BCUT2D eigenvalue weighted by Crippen LogP contribution is 2.25. The number of hydrogen-bond acceptors (Lipinski definition) is 6. The summed E-state index contributed by atoms with van der Waals surface area (Å²) in [5.41, 5.74) is 1.14. The topological polar surface area (TPSA) is 81.3 Å². The smallest absolute Gasteiger partial charge is 0.338 e. The molecule has 1 N–H and O–H groups in total. The minimum Gasteiger partial charge on any atom is -0.491 e. The summed E-state index contributed by atoms with van der Waals surface area (Å²) >= 11 is 1.46. The number of rotatable bonds is 5. The maximum absolute atomic E-state index is 12.2. The second-order valence-corrected chi connectivity index (χ2v) is 7.45. The summed E-state index contributed by atoms with van der Waals surface area (Å²) in [7, 11) is 0. The third-order valence-corrected chi connectivity index (χ3v) is 4.99. The normalized spacial score (nSPS) is 11.1. The highest BCUT2D eigenvalue weighted by Gasteiger charge is 2.13. The molecule has 0 saturated carbocycles. The number of esters is 1. The van der Waals surface area contributed by atoms with E-state index in [1.807, 2.05) is 27.7 Å². The Balaban J connectivity index is 1.71. The average molecular weight is 372 g/mol. The summed E-state index contributed by atoms with van der Waals surface area (Å²) in [6, 6.07) is 6.73. The van der Waals surface area contributed by atoms with Crippen molar-refractivity contribution in [2.24, 2.45) is 0 Å². The zero-order chi connectivity index (χ0) is 18.8. The molecule has 3 rings (SSSR count). The van der Waals surface area contributed by atoms with Gasteiger partial charge < -0.3 is 14.5 Å². The van der Waals surface area contributed by atoms with Crippen LogP contribution in [0.2, 0.25) is 0 Å². The molecule has 0 bridgehead atoms. The van der Waals surface area contributed by atoms with E-state index in [1.165, 1.54) is 11.3 Å². The van der Waals surface area contributed by atoms with E-state index in [1.54, 1.807) is 24.3 Å². The fourth-order valence-electron chi connectivity index (χ4n) is 2.53. The van der Waals surface area contributed by atoms with Crippen LogP contribution >= 0.6 is 11.3 Å². The van der Waals surface area contributed by atoms with Crippen molar-refractivity contribution < 1.29 is 14.3 Å². The number of thiophene rings is 1. The first-order chi connectivity index (χ1) is 12.3. The highest BCUT2D eigenvalue weighted by molar-refractivity contribution is 7.18. The molecule has 0 spiro atoms. The number of aryl methyl sites for hydroxylation is 2. The molecule has 0 atom stereocenters. The van der Waals surface area contributed by atoms with E-state index in [4.69, 9.17) is 9.47 Å². The van der Waals surface area contributed by atoms with Gasteiger partial charge in [0.25, 0.3) is 5.56 Å². The first-order valence-corrected chi connectivity index (χ1v) is 9.09. The van der Waals surface area contributed by atoms with Crippen LogP contribution < -0.4 is 10.3 Å². The van der Waals surface area contributed by atoms with Crippen LogP contribution in [0.25, 0.3) is 10.2 Å². The van der Waals surface area contributed by atoms with Crippen molar-refractivity contribution in [3.8, 4) is 5.75 Å². The lowest BCUT2D eigenvalue weighted by Crippen LogP contribution is -2.14. The van der Waals surface area contributed by atoms with Gasteiger partial charge in [0, 0.05) is 4.88 Å². The van der Waals surface area contributed by atoms with E-state index >= 15 is 0 Å². The first kappa shape index (κ1) is 18.1. The fourth-order valence-corrected chi connectivity index (χ4v) is 3.58. The summed E-state index contributed by atoms with van der Waals surface area (Å²) in [5, 5.41) is 0.600. The highest BCUT2D eigenvalue weighted by atomic mass is 32.1. The maximum atomic E-state index is 12.2. The van der Waals surface area contributed by atoms with E-state index in [0.29, 0.717) is 27.4 Å². The van der Waals surface area contributed by atoms with Gasteiger partial charge in [-0.1, -0.05) is 0 Å². The summed E-state index contributed by atoms with van der Waals surface area (Å²) < 4.78 is 10.8. The van der Waals surface area contributed by atoms with Crippen molar-refractivity contribution >= 4 is 27.5 Å². The molecule has 0 aliphatic carbocycles. The Morgan fingerprint density at radius 2 is 1.92 bits per heavy atom. The number of nitrogens with one attached hydrogen (secondary N) is 1. The van der Waals surface area contributed by atoms with Crippen LogP contribution in [-0.4, -0.2) is 22.0 Å². The van der Waals surface area contributed by atoms with Crippen molar-refractivity contribution in [3.63, 3.8) is 0 Å². The molecular formula is C19H20N2O4S. The molecule has 0 unspecified atom stereocenters. The van der Waals surface area contributed by atoms with Crippen LogP contribution in [0.15, 0.2) is 29.1 Å². The van der Waals surface area contributed by atoms with Gasteiger partial charge in [0.15, 0.2) is 0 Å². The Labute approximate surface area is 154 Å². The average Bonchev–Trinajstić information content (AvgIpc) is 2.87. The SMILES string of the molecule is Cc1sc2nc(COC(=O)c3ccc(OC(C)C)cc3)[nH]c(=O)c2c1C. The third kappa shape index (κ3) is 3.77. The summed E-state index contributed by atoms with van der Waals surface area (Å²) in [6.07, 6.45) is 0.0649. The molecule has 0 fully saturated rings. The Bertz CT molecular complexity index is 1000. The van der Waals surface area contributed by atoms with Crippen LogP contribution in [0.5, 0.6) is 5.75 Å². The van der Waals surface area contributed by atoms with Gasteiger partial charge in [0.05, 0.1) is 17.1 Å². The fraction of sp³-hybridized carbons (Fsp3) is 0.316. The number of fused-ring (bicyclic) bond motifs is 1. The summed E-state index contributed by atoms with van der Waals surface area (Å²) in [4.78, 5) is 33.2. The van der Waals surface area contributed by atoms with Gasteiger partial charge in [0.1, 0.15) is 23.0 Å². The van der Waals surface area contributed by atoms with Crippen molar-refractivity contribution in [2.75, 3.05) is 0 Å². The van der Waals surface area contributed by atoms with E-state index < -0.39 is 5.97 Å². The predicted molar refractivity (Wildman–Crippen MR) is 101 cm³/mol. The minimum atomic E-state index is -0.484. The number of ether oxygens (including phenoxy) is 2. The lowest BCUT2D eigenvalue weighted by molar-refractivity contribution is 0.0462. The standard InChI is InChI=1S/C19H20N2O4S/c1-10(2)25-14-7-5-13(6-8-14)19(23)24-9-15-20-17(22)16-11(3)12(4)26-18(16)21-15/h5-8,10H,9H2,1-4H3,(H,20,21,22). The van der Waals surface area contributed by atoms with E-state index in [9.17, 15) is 9.59 Å². The number of nitrogens with zero attached hydrogens (tertiary/aromatic N) is 1. The Morgan fingerprint density at radius 1 is 1.23 bits per heavy atom. The number of aromatic nitrogens is 2. The van der Waals surface area contributed by atoms with E-state index in [0.717, 1.165) is 10.4 Å². The molecule has 2 aromatic heterocycles. The van der Waals surface area contributed by atoms with Gasteiger partial charge in [-0.15, -0.1) is 11.3 Å². The van der Waals surface area contributed by atoms with Gasteiger partial charge in [-0.05, 0) is 57.5 Å². The molecule has 2 heterocycles. The van der Waals surface area contributed by atoms with Crippen LogP contribution in [0.3, 0.4) is 0 Å². The number of H-pyrrole nitrogens is 1. The Morgan fingerprint density at radius 3 is 2.58 bits per heavy atom. The zero-order valence-corrected chi connectivity index (χ0v) is 15.9. The molecular weight excluding hydrogens is 352 g/mol. The van der Waals surface area contributed by atoms with Gasteiger partial charge in [-0.3, -0.25) is 4.79 Å². The second kappa shape index (κ2) is 7.29. The Kier molecular flexibility index (Phi) is 5.08. The molecule has 0 aliphatic heterocycles. The van der Waals surface area contributed by atoms with E-state index in [-0.39, 0.29) is 18.3 Å². The number of carbonyl (C=O) groups excluding carboxylic acids is 1. The summed E-state index contributed by atoms with van der Waals surface area (Å²) in [6.45, 7) is 7.63. The number of hydrogen-bond donors (Lipinski definition) is 1. The molecule has 1 aromatic carbocycles. The van der Waals surface area contributed by atoms with Gasteiger partial charge >= 0.3 is 5.97 Å². The lowest BCUT2D eigenvalue weighted by atomic mass is 10.2. The van der Waals surface area contributed by atoms with Gasteiger partial charge in [-0.25, -0.2) is 9.78 Å². The summed E-state index contributed by atoms with van der Waals surface area (Å²) in [5.74, 6) is 0.538. The maximum Gasteiger partial charge on any atom is 0.338 e. The van der Waals surface area contributed by atoms with Crippen LogP contribution in [-0.2, 0) is 11.3 Å².